The molecular weight excluding hydrogens is 258 g/mol. The second-order valence-corrected chi connectivity index (χ2v) is 6.63. The smallest absolute Gasteiger partial charge is 0.0730 e. The summed E-state index contributed by atoms with van der Waals surface area (Å²) < 4.78 is 1.27. The van der Waals surface area contributed by atoms with Gasteiger partial charge in [0, 0.05) is 17.5 Å². The molecule has 2 rings (SSSR count). The molecule has 0 bridgehead atoms. The van der Waals surface area contributed by atoms with Gasteiger partial charge in [0.05, 0.1) is 3.79 Å². The summed E-state index contributed by atoms with van der Waals surface area (Å²) in [4.78, 5) is 1.43. The molecule has 0 saturated heterocycles. The van der Waals surface area contributed by atoms with E-state index < -0.39 is 0 Å². The average molecular weight is 274 g/mol. The summed E-state index contributed by atoms with van der Waals surface area (Å²) in [5.74, 6) is 0.944. The van der Waals surface area contributed by atoms with Crippen molar-refractivity contribution in [1.82, 2.24) is 5.32 Å². The molecule has 1 heterocycles. The summed E-state index contributed by atoms with van der Waals surface area (Å²) in [7, 11) is 0. The highest BCUT2D eigenvalue weighted by Gasteiger charge is 2.27. The Hall–Kier alpha value is 0.140. The van der Waals surface area contributed by atoms with Gasteiger partial charge in [-0.05, 0) is 60.2 Å². The molecule has 1 aromatic heterocycles. The summed E-state index contributed by atoms with van der Waals surface area (Å²) in [6.45, 7) is 5.47. The predicted molar refractivity (Wildman–Crippen MR) is 65.8 cm³/mol. The first-order chi connectivity index (χ1) is 6.66. The Morgan fingerprint density at radius 1 is 1.64 bits per heavy atom. The van der Waals surface area contributed by atoms with Crippen LogP contribution in [0.4, 0.5) is 0 Å². The van der Waals surface area contributed by atoms with Crippen LogP contribution in [-0.4, -0.2) is 6.04 Å². The number of hydrogen-bond acceptors (Lipinski definition) is 2. The molecule has 1 atom stereocenters. The minimum Gasteiger partial charge on any atom is -0.309 e. The summed E-state index contributed by atoms with van der Waals surface area (Å²) in [5, 5.41) is 3.59. The zero-order valence-electron chi connectivity index (χ0n) is 8.64. The van der Waals surface area contributed by atoms with Crippen molar-refractivity contribution in [2.75, 3.05) is 0 Å². The zero-order chi connectivity index (χ0) is 10.1. The fourth-order valence-corrected chi connectivity index (χ4v) is 3.21. The second-order valence-electron chi connectivity index (χ2n) is 4.18. The zero-order valence-corrected chi connectivity index (χ0v) is 11.0. The van der Waals surface area contributed by atoms with Gasteiger partial charge in [0.25, 0.3) is 0 Å². The number of aryl methyl sites for hydroxylation is 1. The lowest BCUT2D eigenvalue weighted by atomic mass is 10.2. The van der Waals surface area contributed by atoms with E-state index in [-0.39, 0.29) is 0 Å². The summed E-state index contributed by atoms with van der Waals surface area (Å²) >= 11 is 5.40. The van der Waals surface area contributed by atoms with Crippen molar-refractivity contribution in [2.45, 2.75) is 39.3 Å². The van der Waals surface area contributed by atoms with Crippen LogP contribution in [0.5, 0.6) is 0 Å². The highest BCUT2D eigenvalue weighted by molar-refractivity contribution is 9.11. The van der Waals surface area contributed by atoms with Crippen LogP contribution < -0.4 is 5.32 Å². The maximum absolute atomic E-state index is 3.59. The lowest BCUT2D eigenvalue weighted by Crippen LogP contribution is -2.26. The highest BCUT2D eigenvalue weighted by atomic mass is 79.9. The molecule has 1 aliphatic rings. The normalized spacial score (nSPS) is 18.5. The van der Waals surface area contributed by atoms with Gasteiger partial charge in [-0.3, -0.25) is 0 Å². The monoisotopic (exact) mass is 273 g/mol. The van der Waals surface area contributed by atoms with Gasteiger partial charge in [0.1, 0.15) is 0 Å². The topological polar surface area (TPSA) is 12.0 Å². The molecule has 78 valence electrons. The van der Waals surface area contributed by atoms with Gasteiger partial charge in [0.2, 0.25) is 0 Å². The van der Waals surface area contributed by atoms with E-state index in [1.165, 1.54) is 27.1 Å². The van der Waals surface area contributed by atoms with Gasteiger partial charge < -0.3 is 5.32 Å². The Labute approximate surface area is 98.0 Å². The van der Waals surface area contributed by atoms with E-state index in [4.69, 9.17) is 0 Å². The standard InChI is InChI=1S/C11H16BrNS/c1-7-5-10(14-11(7)12)6-13-8(2)9-3-4-9/h5,8-9,13H,3-4,6H2,1-2H3. The molecule has 1 fully saturated rings. The molecule has 1 saturated carbocycles. The molecule has 1 aromatic rings. The molecular formula is C11H16BrNS. The number of rotatable bonds is 4. The van der Waals surface area contributed by atoms with Gasteiger partial charge in [-0.15, -0.1) is 11.3 Å². The van der Waals surface area contributed by atoms with Crippen molar-refractivity contribution < 1.29 is 0 Å². The van der Waals surface area contributed by atoms with Crippen molar-refractivity contribution in [1.29, 1.82) is 0 Å². The Balaban J connectivity index is 1.84. The summed E-state index contributed by atoms with van der Waals surface area (Å²) in [5.41, 5.74) is 1.35. The van der Waals surface area contributed by atoms with E-state index in [1.54, 1.807) is 0 Å². The Morgan fingerprint density at radius 2 is 2.36 bits per heavy atom. The first-order valence-corrected chi connectivity index (χ1v) is 6.76. The van der Waals surface area contributed by atoms with E-state index >= 15 is 0 Å². The minimum absolute atomic E-state index is 0.691. The molecule has 0 aliphatic heterocycles. The number of halogens is 1. The molecule has 1 N–H and O–H groups in total. The van der Waals surface area contributed by atoms with Crippen LogP contribution in [0.15, 0.2) is 9.85 Å². The van der Waals surface area contributed by atoms with E-state index in [1.807, 2.05) is 11.3 Å². The molecule has 0 aromatic carbocycles. The third kappa shape index (κ3) is 2.59. The van der Waals surface area contributed by atoms with Crippen LogP contribution in [0, 0.1) is 12.8 Å². The Morgan fingerprint density at radius 3 is 2.86 bits per heavy atom. The molecule has 1 aliphatic carbocycles. The fraction of sp³-hybridized carbons (Fsp3) is 0.636. The first-order valence-electron chi connectivity index (χ1n) is 5.15. The molecule has 1 unspecified atom stereocenters. The largest absolute Gasteiger partial charge is 0.309 e. The molecule has 0 radical (unpaired) electrons. The van der Waals surface area contributed by atoms with Crippen LogP contribution in [0.3, 0.4) is 0 Å². The fourth-order valence-electron chi connectivity index (χ4n) is 1.63. The number of nitrogens with one attached hydrogen (secondary N) is 1. The van der Waals surface area contributed by atoms with Gasteiger partial charge in [0.15, 0.2) is 0 Å². The number of thiophene rings is 1. The average Bonchev–Trinajstić information content (AvgIpc) is 2.92. The number of hydrogen-bond donors (Lipinski definition) is 1. The maximum Gasteiger partial charge on any atom is 0.0730 e. The van der Waals surface area contributed by atoms with Gasteiger partial charge >= 0.3 is 0 Å². The van der Waals surface area contributed by atoms with Crippen molar-refractivity contribution in [3.05, 3.63) is 20.3 Å². The second kappa shape index (κ2) is 4.33. The maximum atomic E-state index is 3.59. The highest BCUT2D eigenvalue weighted by Crippen LogP contribution is 2.33. The van der Waals surface area contributed by atoms with Crippen LogP contribution in [0.25, 0.3) is 0 Å². The quantitative estimate of drug-likeness (QED) is 0.882. The minimum atomic E-state index is 0.691. The SMILES string of the molecule is Cc1cc(CNC(C)C2CC2)sc1Br. The van der Waals surface area contributed by atoms with E-state index in [9.17, 15) is 0 Å². The van der Waals surface area contributed by atoms with Crippen molar-refractivity contribution in [3.8, 4) is 0 Å². The third-order valence-corrected chi connectivity index (χ3v) is 4.97. The Bertz CT molecular complexity index is 298. The molecule has 0 amide bonds. The Kier molecular flexibility index (Phi) is 3.30. The van der Waals surface area contributed by atoms with E-state index in [0.717, 1.165) is 12.5 Å². The lowest BCUT2D eigenvalue weighted by Gasteiger charge is -2.10. The molecule has 0 spiro atoms. The van der Waals surface area contributed by atoms with Gasteiger partial charge in [-0.25, -0.2) is 0 Å². The third-order valence-electron chi connectivity index (χ3n) is 2.84. The summed E-state index contributed by atoms with van der Waals surface area (Å²) in [6, 6.07) is 2.96. The lowest BCUT2D eigenvalue weighted by molar-refractivity contribution is 0.498. The van der Waals surface area contributed by atoms with Gasteiger partial charge in [-0.1, -0.05) is 0 Å². The van der Waals surface area contributed by atoms with E-state index in [0.29, 0.717) is 6.04 Å². The van der Waals surface area contributed by atoms with Gasteiger partial charge in [-0.2, -0.15) is 0 Å². The van der Waals surface area contributed by atoms with Crippen molar-refractivity contribution in [3.63, 3.8) is 0 Å². The van der Waals surface area contributed by atoms with Crippen LogP contribution in [0.1, 0.15) is 30.2 Å². The molecule has 14 heavy (non-hydrogen) atoms. The molecule has 3 heteroatoms. The van der Waals surface area contributed by atoms with Crippen molar-refractivity contribution in [2.24, 2.45) is 5.92 Å². The predicted octanol–water partition coefficient (Wildman–Crippen LogP) is 3.71. The van der Waals surface area contributed by atoms with Crippen LogP contribution in [0.2, 0.25) is 0 Å². The summed E-state index contributed by atoms with van der Waals surface area (Å²) in [6.07, 6.45) is 2.84. The van der Waals surface area contributed by atoms with Crippen LogP contribution >= 0.6 is 27.3 Å². The van der Waals surface area contributed by atoms with Crippen molar-refractivity contribution >= 4 is 27.3 Å². The van der Waals surface area contributed by atoms with E-state index in [2.05, 4.69) is 41.2 Å². The molecule has 1 nitrogen and oxygen atoms in total. The van der Waals surface area contributed by atoms with Crippen LogP contribution in [-0.2, 0) is 6.54 Å². The first kappa shape index (κ1) is 10.7.